The van der Waals surface area contributed by atoms with Crippen molar-refractivity contribution >= 4 is 27.7 Å². The van der Waals surface area contributed by atoms with E-state index in [0.29, 0.717) is 12.8 Å². The molecule has 7 nitrogen and oxygen atoms in total. The Balaban J connectivity index is 2.02. The maximum absolute atomic E-state index is 12.4. The van der Waals surface area contributed by atoms with Crippen LogP contribution in [0.1, 0.15) is 26.7 Å². The fourth-order valence-electron chi connectivity index (χ4n) is 2.88. The quantitative estimate of drug-likeness (QED) is 0.413. The van der Waals surface area contributed by atoms with E-state index in [-0.39, 0.29) is 17.4 Å². The zero-order valence-corrected chi connectivity index (χ0v) is 16.0. The van der Waals surface area contributed by atoms with Crippen molar-refractivity contribution in [3.8, 4) is 0 Å². The van der Waals surface area contributed by atoms with Crippen LogP contribution in [0.2, 0.25) is 0 Å². The molecule has 0 N–H and O–H groups in total. The lowest BCUT2D eigenvalue weighted by Gasteiger charge is -2.28. The topological polar surface area (TPSA) is 104 Å². The summed E-state index contributed by atoms with van der Waals surface area (Å²) in [6, 6.07) is 7.48. The van der Waals surface area contributed by atoms with Gasteiger partial charge in [-0.05, 0) is 31.9 Å². The Morgan fingerprint density at radius 3 is 2.44 bits per heavy atom. The van der Waals surface area contributed by atoms with E-state index in [1.165, 1.54) is 19.1 Å². The van der Waals surface area contributed by atoms with Crippen LogP contribution < -0.4 is 0 Å². The highest BCUT2D eigenvalue weighted by Gasteiger charge is 2.34. The van der Waals surface area contributed by atoms with Crippen molar-refractivity contribution in [2.75, 3.05) is 12.4 Å². The van der Waals surface area contributed by atoms with E-state index in [1.54, 1.807) is 18.2 Å². The number of benzene rings is 1. The number of sulfone groups is 1. The Morgan fingerprint density at radius 1 is 1.15 bits per heavy atom. The molecule has 2 atom stereocenters. The summed E-state index contributed by atoms with van der Waals surface area (Å²) in [4.78, 5) is 35.4. The van der Waals surface area contributed by atoms with Gasteiger partial charge in [-0.25, -0.2) is 8.42 Å². The molecule has 0 spiro atoms. The highest BCUT2D eigenvalue weighted by Crippen LogP contribution is 2.31. The van der Waals surface area contributed by atoms with Gasteiger partial charge in [0.15, 0.2) is 15.6 Å². The number of carbonyl (C=O) groups is 3. The summed E-state index contributed by atoms with van der Waals surface area (Å²) in [5.41, 5.74) is 0.959. The maximum atomic E-state index is 12.4. The summed E-state index contributed by atoms with van der Waals surface area (Å²) in [5, 5.41) is 0. The van der Waals surface area contributed by atoms with Crippen molar-refractivity contribution in [2.24, 2.45) is 11.8 Å². The molecule has 0 amide bonds. The van der Waals surface area contributed by atoms with E-state index >= 15 is 0 Å². The summed E-state index contributed by atoms with van der Waals surface area (Å²) in [7, 11) is -3.89. The van der Waals surface area contributed by atoms with E-state index in [1.807, 2.05) is 13.0 Å². The van der Waals surface area contributed by atoms with Gasteiger partial charge < -0.3 is 9.47 Å². The van der Waals surface area contributed by atoms with Gasteiger partial charge >= 0.3 is 17.9 Å². The van der Waals surface area contributed by atoms with E-state index in [0.717, 1.165) is 5.57 Å². The Hall–Kier alpha value is -2.48. The average molecular weight is 394 g/mol. The molecule has 1 aromatic rings. The Bertz CT molecular complexity index is 840. The third kappa shape index (κ3) is 6.02. The molecule has 0 aromatic heterocycles. The first-order chi connectivity index (χ1) is 12.7. The van der Waals surface area contributed by atoms with Crippen molar-refractivity contribution in [3.63, 3.8) is 0 Å². The minimum Gasteiger partial charge on any atom is -0.466 e. The fourth-order valence-corrected chi connectivity index (χ4v) is 3.99. The van der Waals surface area contributed by atoms with Gasteiger partial charge in [0.2, 0.25) is 0 Å². The van der Waals surface area contributed by atoms with Gasteiger partial charge in [-0.3, -0.25) is 14.4 Å². The van der Waals surface area contributed by atoms with Gasteiger partial charge in [-0.15, -0.1) is 0 Å². The second kappa shape index (κ2) is 8.94. The molecule has 1 aliphatic rings. The molecule has 0 saturated carbocycles. The van der Waals surface area contributed by atoms with Crippen LogP contribution in [0.3, 0.4) is 0 Å². The minimum absolute atomic E-state index is 0.0152. The number of hydrogen-bond donors (Lipinski definition) is 0. The molecule has 1 aliphatic carbocycles. The van der Waals surface area contributed by atoms with Crippen LogP contribution in [0.4, 0.5) is 0 Å². The number of esters is 3. The lowest BCUT2D eigenvalue weighted by Crippen LogP contribution is -2.34. The largest absolute Gasteiger partial charge is 0.466 e. The maximum Gasteiger partial charge on any atom is 0.329 e. The second-order valence-electron chi connectivity index (χ2n) is 6.52. The van der Waals surface area contributed by atoms with Crippen molar-refractivity contribution < 1.29 is 32.3 Å². The average Bonchev–Trinajstić information content (AvgIpc) is 2.60. The molecule has 0 heterocycles. The predicted octanol–water partition coefficient (Wildman–Crippen LogP) is 2.07. The molecule has 0 saturated heterocycles. The molecule has 0 fully saturated rings. The van der Waals surface area contributed by atoms with Crippen LogP contribution in [0.15, 0.2) is 46.9 Å². The number of rotatable bonds is 6. The molecule has 0 aliphatic heterocycles. The second-order valence-corrected chi connectivity index (χ2v) is 8.51. The predicted molar refractivity (Wildman–Crippen MR) is 96.2 cm³/mol. The van der Waals surface area contributed by atoms with Gasteiger partial charge in [-0.2, -0.15) is 0 Å². The summed E-state index contributed by atoms with van der Waals surface area (Å²) in [5.74, 6) is -4.28. The van der Waals surface area contributed by atoms with Crippen molar-refractivity contribution in [1.29, 1.82) is 0 Å². The van der Waals surface area contributed by atoms with Crippen LogP contribution in [0.25, 0.3) is 0 Å². The first kappa shape index (κ1) is 20.8. The Labute approximate surface area is 158 Å². The number of ether oxygens (including phenoxy) is 2. The third-order valence-electron chi connectivity index (χ3n) is 4.31. The first-order valence-electron chi connectivity index (χ1n) is 8.50. The van der Waals surface area contributed by atoms with Crippen molar-refractivity contribution in [2.45, 2.75) is 31.6 Å². The fraction of sp³-hybridized carbons (Fsp3) is 0.421. The molecule has 0 bridgehead atoms. The molecule has 27 heavy (non-hydrogen) atoms. The van der Waals surface area contributed by atoms with E-state index in [2.05, 4.69) is 0 Å². The number of allylic oxidation sites excluding steroid dienone is 2. The lowest BCUT2D eigenvalue weighted by atomic mass is 9.80. The van der Waals surface area contributed by atoms with Crippen LogP contribution in [0, 0.1) is 11.8 Å². The van der Waals surface area contributed by atoms with Gasteiger partial charge in [0, 0.05) is 12.8 Å². The molecular formula is C19H22O7S. The summed E-state index contributed by atoms with van der Waals surface area (Å²) in [6.45, 7) is 3.16. The normalized spacial score (nSPS) is 19.7. The molecule has 8 heteroatoms. The van der Waals surface area contributed by atoms with Gasteiger partial charge in [0.1, 0.15) is 0 Å². The molecule has 2 rings (SSSR count). The van der Waals surface area contributed by atoms with Crippen LogP contribution in [-0.4, -0.2) is 38.7 Å². The Kier molecular flexibility index (Phi) is 6.90. The van der Waals surface area contributed by atoms with Crippen molar-refractivity contribution in [1.82, 2.24) is 0 Å². The SMILES string of the molecule is CC(=O)OCC1CC=C(C)CC1C(=O)OC(=O)CS(=O)(=O)c1ccccc1. The smallest absolute Gasteiger partial charge is 0.329 e. The summed E-state index contributed by atoms with van der Waals surface area (Å²) >= 11 is 0. The molecule has 0 radical (unpaired) electrons. The van der Waals surface area contributed by atoms with E-state index in [9.17, 15) is 22.8 Å². The standard InChI is InChI=1S/C19H22O7S/c1-13-8-9-15(11-25-14(2)20)17(10-13)19(22)26-18(21)12-27(23,24)16-6-4-3-5-7-16/h3-8,15,17H,9-12H2,1-2H3. The first-order valence-corrected chi connectivity index (χ1v) is 10.2. The zero-order chi connectivity index (χ0) is 20.0. The molecule has 146 valence electrons. The lowest BCUT2D eigenvalue weighted by molar-refractivity contribution is -0.164. The van der Waals surface area contributed by atoms with Gasteiger partial charge in [0.05, 0.1) is 17.4 Å². The highest BCUT2D eigenvalue weighted by atomic mass is 32.2. The molecule has 2 unspecified atom stereocenters. The van der Waals surface area contributed by atoms with Crippen LogP contribution in [-0.2, 0) is 33.7 Å². The third-order valence-corrected chi connectivity index (χ3v) is 5.91. The van der Waals surface area contributed by atoms with Crippen molar-refractivity contribution in [3.05, 3.63) is 42.0 Å². The summed E-state index contributed by atoms with van der Waals surface area (Å²) < 4.78 is 34.2. The highest BCUT2D eigenvalue weighted by molar-refractivity contribution is 7.92. The number of hydrogen-bond acceptors (Lipinski definition) is 7. The Morgan fingerprint density at radius 2 is 1.81 bits per heavy atom. The summed E-state index contributed by atoms with van der Waals surface area (Å²) in [6.07, 6.45) is 2.82. The van der Waals surface area contributed by atoms with Gasteiger partial charge in [-0.1, -0.05) is 29.8 Å². The van der Waals surface area contributed by atoms with Crippen LogP contribution in [0.5, 0.6) is 0 Å². The monoisotopic (exact) mass is 394 g/mol. The number of carbonyl (C=O) groups excluding carboxylic acids is 3. The van der Waals surface area contributed by atoms with E-state index < -0.39 is 39.4 Å². The zero-order valence-electron chi connectivity index (χ0n) is 15.2. The molecule has 1 aromatic carbocycles. The minimum atomic E-state index is -3.89. The van der Waals surface area contributed by atoms with Crippen LogP contribution >= 0.6 is 0 Å². The van der Waals surface area contributed by atoms with E-state index in [4.69, 9.17) is 9.47 Å². The molecular weight excluding hydrogens is 372 g/mol. The van der Waals surface area contributed by atoms with Gasteiger partial charge in [0.25, 0.3) is 0 Å².